The molecule has 0 saturated carbocycles. The molecule has 0 bridgehead atoms. The van der Waals surface area contributed by atoms with Crippen LogP contribution in [0.25, 0.3) is 0 Å². The average molecular weight is 380 g/mol. The number of allylic oxidation sites excluding steroid dienone is 4. The Balaban J connectivity index is -0.000000124. The van der Waals surface area contributed by atoms with Crippen LogP contribution in [0.1, 0.15) is 39.1 Å². The molecule has 0 atom stereocenters. The zero-order valence-corrected chi connectivity index (χ0v) is 18.0. The standard InChI is InChI=1S/C5H8N2.C4H6N2.2C4H6O.C2H6.CH5N/c1-5-3-4-6-7(5)2;1-4-2-3-5-6-4;2*1-2-3-4-5;2*1-2/h3-4H,1-2H3;2-3H,1H3,(H,5,6);2*2-4H,1H3;1-2H3;2H2,1H3/b;;2*3-2+;;. The smallest absolute Gasteiger partial charge is 0.142 e. The number of aromatic amines is 1. The van der Waals surface area contributed by atoms with Crippen LogP contribution in [0.4, 0.5) is 0 Å². The van der Waals surface area contributed by atoms with E-state index in [2.05, 4.69) is 21.0 Å². The first-order chi connectivity index (χ1) is 13.0. The normalized spacial score (nSPS) is 8.19. The van der Waals surface area contributed by atoms with Gasteiger partial charge in [0.05, 0.1) is 0 Å². The fraction of sp³-hybridized carbons (Fsp3) is 0.400. The van der Waals surface area contributed by atoms with E-state index in [4.69, 9.17) is 0 Å². The second-order valence-electron chi connectivity index (χ2n) is 4.16. The lowest BCUT2D eigenvalue weighted by atomic mass is 10.5. The Kier molecular flexibility index (Phi) is 36.7. The van der Waals surface area contributed by atoms with Crippen molar-refractivity contribution in [2.24, 2.45) is 12.8 Å². The third-order valence-electron chi connectivity index (χ3n) is 2.25. The highest BCUT2D eigenvalue weighted by molar-refractivity contribution is 5.64. The average Bonchev–Trinajstić information content (AvgIpc) is 3.33. The molecular formula is C20H37N5O2. The van der Waals surface area contributed by atoms with Crippen LogP contribution in [0.5, 0.6) is 0 Å². The third kappa shape index (κ3) is 31.5. The van der Waals surface area contributed by atoms with Crippen molar-refractivity contribution in [1.29, 1.82) is 0 Å². The number of hydrogen-bond donors (Lipinski definition) is 2. The molecule has 2 aromatic rings. The molecule has 154 valence electrons. The predicted molar refractivity (Wildman–Crippen MR) is 114 cm³/mol. The number of aldehydes is 2. The van der Waals surface area contributed by atoms with E-state index in [1.54, 1.807) is 38.4 Å². The second-order valence-corrected chi connectivity index (χ2v) is 4.16. The lowest BCUT2D eigenvalue weighted by Crippen LogP contribution is -1.90. The van der Waals surface area contributed by atoms with Crippen LogP contribution >= 0.6 is 0 Å². The van der Waals surface area contributed by atoms with Gasteiger partial charge < -0.3 is 5.73 Å². The lowest BCUT2D eigenvalue weighted by molar-refractivity contribution is -0.104. The number of carbonyl (C=O) groups excluding carboxylic acids is 2. The summed E-state index contributed by atoms with van der Waals surface area (Å²) in [6.07, 6.45) is 11.3. The summed E-state index contributed by atoms with van der Waals surface area (Å²) < 4.78 is 1.83. The van der Waals surface area contributed by atoms with Crippen LogP contribution in [0, 0.1) is 13.8 Å². The van der Waals surface area contributed by atoms with E-state index < -0.39 is 0 Å². The fourth-order valence-corrected chi connectivity index (χ4v) is 0.923. The first kappa shape index (κ1) is 31.9. The lowest BCUT2D eigenvalue weighted by Gasteiger charge is -1.87. The van der Waals surface area contributed by atoms with E-state index in [1.165, 1.54) is 24.9 Å². The molecule has 7 heteroatoms. The first-order valence-electron chi connectivity index (χ1n) is 8.64. The van der Waals surface area contributed by atoms with Crippen molar-refractivity contribution < 1.29 is 9.59 Å². The number of carbonyl (C=O) groups is 2. The topological polar surface area (TPSA) is 107 Å². The molecule has 0 unspecified atom stereocenters. The Morgan fingerprint density at radius 2 is 1.44 bits per heavy atom. The van der Waals surface area contributed by atoms with E-state index >= 15 is 0 Å². The summed E-state index contributed by atoms with van der Waals surface area (Å²) in [4.78, 5) is 18.6. The Hall–Kier alpha value is -2.80. The molecule has 27 heavy (non-hydrogen) atoms. The highest BCUT2D eigenvalue weighted by Gasteiger charge is 1.83. The first-order valence-corrected chi connectivity index (χ1v) is 8.64. The maximum atomic E-state index is 9.32. The van der Waals surface area contributed by atoms with Crippen molar-refractivity contribution in [3.05, 3.63) is 60.2 Å². The minimum Gasteiger partial charge on any atom is -0.333 e. The van der Waals surface area contributed by atoms with Crippen molar-refractivity contribution in [3.8, 4) is 0 Å². The molecule has 0 aromatic carbocycles. The summed E-state index contributed by atoms with van der Waals surface area (Å²) in [7, 11) is 3.43. The Morgan fingerprint density at radius 3 is 1.52 bits per heavy atom. The van der Waals surface area contributed by atoms with Gasteiger partial charge in [-0.3, -0.25) is 19.4 Å². The van der Waals surface area contributed by atoms with Crippen LogP contribution in [0.15, 0.2) is 48.8 Å². The van der Waals surface area contributed by atoms with Crippen LogP contribution < -0.4 is 5.73 Å². The molecule has 0 radical (unpaired) electrons. The second kappa shape index (κ2) is 31.0. The van der Waals surface area contributed by atoms with Gasteiger partial charge in [0, 0.05) is 30.8 Å². The van der Waals surface area contributed by atoms with E-state index in [1.807, 2.05) is 51.6 Å². The number of H-pyrrole nitrogens is 1. The van der Waals surface area contributed by atoms with E-state index in [0.29, 0.717) is 0 Å². The molecule has 0 saturated heterocycles. The van der Waals surface area contributed by atoms with Gasteiger partial charge in [0.15, 0.2) is 0 Å². The van der Waals surface area contributed by atoms with Crippen molar-refractivity contribution in [1.82, 2.24) is 20.0 Å². The van der Waals surface area contributed by atoms with Gasteiger partial charge in [-0.05, 0) is 59.0 Å². The summed E-state index contributed by atoms with van der Waals surface area (Å²) in [5, 5.41) is 10.4. The zero-order chi connectivity index (χ0) is 21.9. The maximum Gasteiger partial charge on any atom is 0.142 e. The number of nitrogens with two attached hydrogens (primary N) is 1. The largest absolute Gasteiger partial charge is 0.333 e. The van der Waals surface area contributed by atoms with Crippen LogP contribution in [0.3, 0.4) is 0 Å². The zero-order valence-electron chi connectivity index (χ0n) is 18.0. The minimum atomic E-state index is 0.750. The molecule has 0 fully saturated rings. The van der Waals surface area contributed by atoms with Crippen LogP contribution in [-0.4, -0.2) is 39.6 Å². The maximum absolute atomic E-state index is 9.32. The molecule has 0 amide bonds. The third-order valence-corrected chi connectivity index (χ3v) is 2.25. The van der Waals surface area contributed by atoms with Gasteiger partial charge >= 0.3 is 0 Å². The van der Waals surface area contributed by atoms with Gasteiger partial charge in [-0.1, -0.05) is 26.0 Å². The molecule has 0 aliphatic heterocycles. The summed E-state index contributed by atoms with van der Waals surface area (Å²) in [6.45, 7) is 11.6. The van der Waals surface area contributed by atoms with Crippen molar-refractivity contribution in [2.45, 2.75) is 41.5 Å². The Bertz CT molecular complexity index is 526. The predicted octanol–water partition coefficient (Wildman–Crippen LogP) is 3.57. The van der Waals surface area contributed by atoms with E-state index in [9.17, 15) is 9.59 Å². The van der Waals surface area contributed by atoms with E-state index in [0.717, 1.165) is 18.3 Å². The van der Waals surface area contributed by atoms with Crippen molar-refractivity contribution in [3.63, 3.8) is 0 Å². The number of hydrogen-bond acceptors (Lipinski definition) is 5. The molecule has 2 heterocycles. The number of aryl methyl sites for hydroxylation is 3. The van der Waals surface area contributed by atoms with Gasteiger partial charge in [0.25, 0.3) is 0 Å². The molecule has 0 aliphatic carbocycles. The van der Waals surface area contributed by atoms with Gasteiger partial charge in [0.2, 0.25) is 0 Å². The van der Waals surface area contributed by atoms with Gasteiger partial charge in [-0.25, -0.2) is 0 Å². The molecule has 3 N–H and O–H groups in total. The van der Waals surface area contributed by atoms with Gasteiger partial charge in [-0.2, -0.15) is 10.2 Å². The van der Waals surface area contributed by atoms with Crippen LogP contribution in [0.2, 0.25) is 0 Å². The number of nitrogens with zero attached hydrogens (tertiary/aromatic N) is 3. The Labute approximate surface area is 164 Å². The fourth-order valence-electron chi connectivity index (χ4n) is 0.923. The summed E-state index contributed by atoms with van der Waals surface area (Å²) >= 11 is 0. The quantitative estimate of drug-likeness (QED) is 0.613. The molecule has 2 rings (SSSR count). The molecular weight excluding hydrogens is 342 g/mol. The summed E-state index contributed by atoms with van der Waals surface area (Å²) in [6, 6.07) is 3.89. The number of aromatic nitrogens is 4. The molecule has 0 spiro atoms. The molecule has 2 aromatic heterocycles. The highest BCUT2D eigenvalue weighted by atomic mass is 16.1. The SMILES string of the molecule is C/C=C/C=O.C/C=C/C=O.CC.CN.Cc1ccn[nH]1.Cc1ccnn1C. The number of rotatable bonds is 2. The summed E-state index contributed by atoms with van der Waals surface area (Å²) in [5.41, 5.74) is 6.80. The van der Waals surface area contributed by atoms with Crippen molar-refractivity contribution in [2.75, 3.05) is 7.05 Å². The van der Waals surface area contributed by atoms with Crippen molar-refractivity contribution >= 4 is 12.6 Å². The van der Waals surface area contributed by atoms with E-state index in [-0.39, 0.29) is 0 Å². The molecule has 7 nitrogen and oxygen atoms in total. The van der Waals surface area contributed by atoms with Crippen LogP contribution in [-0.2, 0) is 16.6 Å². The number of nitrogens with one attached hydrogen (secondary N) is 1. The highest BCUT2D eigenvalue weighted by Crippen LogP contribution is 1.88. The monoisotopic (exact) mass is 379 g/mol. The summed E-state index contributed by atoms with van der Waals surface area (Å²) in [5.74, 6) is 0. The van der Waals surface area contributed by atoms with Gasteiger partial charge in [-0.15, -0.1) is 0 Å². The van der Waals surface area contributed by atoms with Gasteiger partial charge in [0.1, 0.15) is 12.6 Å². The Morgan fingerprint density at radius 1 is 0.963 bits per heavy atom. The minimum absolute atomic E-state index is 0.750. The molecule has 0 aliphatic rings.